The van der Waals surface area contributed by atoms with Gasteiger partial charge in [0.1, 0.15) is 6.61 Å². The molecule has 120 valence electrons. The van der Waals surface area contributed by atoms with Gasteiger partial charge in [-0.3, -0.25) is 9.59 Å². The summed E-state index contributed by atoms with van der Waals surface area (Å²) in [4.78, 5) is 24.0. The zero-order valence-corrected chi connectivity index (χ0v) is 12.8. The Morgan fingerprint density at radius 1 is 1.05 bits per heavy atom. The maximum atomic E-state index is 12.1. The molecule has 0 aromatic carbocycles. The third kappa shape index (κ3) is 4.54. The van der Waals surface area contributed by atoms with Crippen LogP contribution < -0.4 is 0 Å². The van der Waals surface area contributed by atoms with Gasteiger partial charge in [-0.1, -0.05) is 6.08 Å². The highest BCUT2D eigenvalue weighted by atomic mass is 16.6. The number of hydrogen-bond acceptors (Lipinski definition) is 6. The Kier molecular flexibility index (Phi) is 7.39. The fraction of sp³-hybridized carbons (Fsp3) is 0.733. The number of rotatable bonds is 11. The average Bonchev–Trinajstić information content (AvgIpc) is 3.22. The lowest BCUT2D eigenvalue weighted by molar-refractivity contribution is -0.165. The summed E-state index contributed by atoms with van der Waals surface area (Å²) in [6, 6.07) is 0. The fourth-order valence-corrected chi connectivity index (χ4v) is 2.07. The van der Waals surface area contributed by atoms with E-state index in [1.165, 1.54) is 0 Å². The van der Waals surface area contributed by atoms with Gasteiger partial charge < -0.3 is 18.9 Å². The van der Waals surface area contributed by atoms with Crippen LogP contribution in [0.25, 0.3) is 0 Å². The largest absolute Gasteiger partial charge is 0.465 e. The first-order valence-electron chi connectivity index (χ1n) is 7.25. The van der Waals surface area contributed by atoms with Crippen LogP contribution in [0.4, 0.5) is 0 Å². The Labute approximate surface area is 125 Å². The van der Waals surface area contributed by atoms with Crippen LogP contribution in [0.2, 0.25) is 0 Å². The molecular formula is C15H24O6. The van der Waals surface area contributed by atoms with Crippen molar-refractivity contribution in [3.8, 4) is 0 Å². The molecule has 1 saturated carbocycles. The quantitative estimate of drug-likeness (QED) is 0.248. The van der Waals surface area contributed by atoms with Gasteiger partial charge in [0.05, 0.1) is 26.4 Å². The zero-order chi connectivity index (χ0) is 15.7. The minimum atomic E-state index is -1.19. The van der Waals surface area contributed by atoms with E-state index in [0.717, 1.165) is 0 Å². The summed E-state index contributed by atoms with van der Waals surface area (Å²) < 4.78 is 20.4. The predicted molar refractivity (Wildman–Crippen MR) is 75.6 cm³/mol. The Balaban J connectivity index is 2.32. The van der Waals surface area contributed by atoms with Gasteiger partial charge in [-0.25, -0.2) is 0 Å². The summed E-state index contributed by atoms with van der Waals surface area (Å²) >= 11 is 0. The molecule has 0 radical (unpaired) electrons. The van der Waals surface area contributed by atoms with E-state index in [1.54, 1.807) is 13.0 Å². The van der Waals surface area contributed by atoms with Gasteiger partial charge in [0, 0.05) is 12.5 Å². The standard InChI is InChI=1S/C15H24O6/c1-4-12-11-15(12,13(16)20-6-3)14(17)21-10-9-19-8-7-18-5-2/h4,12H,1,5-11H2,2-3H3. The number of carbonyl (C=O) groups excluding carboxylic acids is 2. The molecule has 0 N–H and O–H groups in total. The minimum absolute atomic E-state index is 0.107. The summed E-state index contributed by atoms with van der Waals surface area (Å²) in [6.07, 6.45) is 2.00. The topological polar surface area (TPSA) is 71.1 Å². The van der Waals surface area contributed by atoms with E-state index in [0.29, 0.717) is 26.2 Å². The molecule has 1 aliphatic carbocycles. The van der Waals surface area contributed by atoms with Crippen molar-refractivity contribution in [2.75, 3.05) is 39.6 Å². The summed E-state index contributed by atoms with van der Waals surface area (Å²) in [7, 11) is 0. The highest BCUT2D eigenvalue weighted by Gasteiger charge is 2.67. The number of ether oxygens (including phenoxy) is 4. The van der Waals surface area contributed by atoms with Crippen molar-refractivity contribution in [3.05, 3.63) is 12.7 Å². The lowest BCUT2D eigenvalue weighted by Crippen LogP contribution is -2.32. The number of allylic oxidation sites excluding steroid dienone is 1. The van der Waals surface area contributed by atoms with Crippen molar-refractivity contribution in [1.29, 1.82) is 0 Å². The number of hydrogen-bond donors (Lipinski definition) is 0. The maximum absolute atomic E-state index is 12.1. The van der Waals surface area contributed by atoms with E-state index in [-0.39, 0.29) is 25.7 Å². The molecule has 0 heterocycles. The molecule has 2 unspecified atom stereocenters. The van der Waals surface area contributed by atoms with Crippen molar-refractivity contribution in [2.24, 2.45) is 11.3 Å². The van der Waals surface area contributed by atoms with E-state index in [2.05, 4.69) is 6.58 Å². The van der Waals surface area contributed by atoms with E-state index >= 15 is 0 Å². The van der Waals surface area contributed by atoms with E-state index in [9.17, 15) is 9.59 Å². The highest BCUT2D eigenvalue weighted by Crippen LogP contribution is 2.55. The molecule has 1 aliphatic rings. The van der Waals surface area contributed by atoms with Crippen molar-refractivity contribution >= 4 is 11.9 Å². The smallest absolute Gasteiger partial charge is 0.324 e. The van der Waals surface area contributed by atoms with Gasteiger partial charge in [-0.05, 0) is 20.3 Å². The van der Waals surface area contributed by atoms with Gasteiger partial charge in [0.25, 0.3) is 0 Å². The number of carbonyl (C=O) groups is 2. The van der Waals surface area contributed by atoms with Crippen LogP contribution in [0.15, 0.2) is 12.7 Å². The van der Waals surface area contributed by atoms with Crippen LogP contribution in [0.5, 0.6) is 0 Å². The second-order valence-corrected chi connectivity index (χ2v) is 4.68. The van der Waals surface area contributed by atoms with Crippen LogP contribution >= 0.6 is 0 Å². The molecule has 0 aliphatic heterocycles. The van der Waals surface area contributed by atoms with Gasteiger partial charge in [0.2, 0.25) is 0 Å². The summed E-state index contributed by atoms with van der Waals surface area (Å²) in [5.41, 5.74) is -1.19. The normalized spacial score (nSPS) is 23.4. The first-order chi connectivity index (χ1) is 10.1. The van der Waals surface area contributed by atoms with Crippen LogP contribution in [-0.2, 0) is 28.5 Å². The third-order valence-electron chi connectivity index (χ3n) is 3.34. The summed E-state index contributed by atoms with van der Waals surface area (Å²) in [6.45, 7) is 9.45. The molecule has 0 saturated heterocycles. The van der Waals surface area contributed by atoms with Crippen LogP contribution in [-0.4, -0.2) is 51.6 Å². The maximum Gasteiger partial charge on any atom is 0.324 e. The Hall–Kier alpha value is -1.40. The Bertz CT molecular complexity index is 367. The summed E-state index contributed by atoms with van der Waals surface area (Å²) in [5, 5.41) is 0. The van der Waals surface area contributed by atoms with Crippen LogP contribution in [0.1, 0.15) is 20.3 Å². The molecular weight excluding hydrogens is 276 g/mol. The lowest BCUT2D eigenvalue weighted by atomic mass is 10.0. The molecule has 0 aromatic heterocycles. The minimum Gasteiger partial charge on any atom is -0.465 e. The van der Waals surface area contributed by atoms with Gasteiger partial charge in [0.15, 0.2) is 5.41 Å². The van der Waals surface area contributed by atoms with Gasteiger partial charge in [-0.2, -0.15) is 0 Å². The molecule has 6 heteroatoms. The molecule has 0 aromatic rings. The third-order valence-corrected chi connectivity index (χ3v) is 3.34. The average molecular weight is 300 g/mol. The lowest BCUT2D eigenvalue weighted by Gasteiger charge is -2.14. The zero-order valence-electron chi connectivity index (χ0n) is 12.8. The van der Waals surface area contributed by atoms with E-state index < -0.39 is 17.4 Å². The predicted octanol–water partition coefficient (Wildman–Crippen LogP) is 1.34. The second kappa shape index (κ2) is 8.79. The molecule has 2 atom stereocenters. The molecule has 0 bridgehead atoms. The highest BCUT2D eigenvalue weighted by molar-refractivity contribution is 6.04. The van der Waals surface area contributed by atoms with E-state index in [4.69, 9.17) is 18.9 Å². The van der Waals surface area contributed by atoms with Crippen LogP contribution in [0, 0.1) is 11.3 Å². The first kappa shape index (κ1) is 17.7. The molecule has 6 nitrogen and oxygen atoms in total. The molecule has 0 amide bonds. The van der Waals surface area contributed by atoms with Crippen molar-refractivity contribution in [2.45, 2.75) is 20.3 Å². The number of esters is 2. The Morgan fingerprint density at radius 2 is 1.67 bits per heavy atom. The fourth-order valence-electron chi connectivity index (χ4n) is 2.07. The first-order valence-corrected chi connectivity index (χ1v) is 7.25. The second-order valence-electron chi connectivity index (χ2n) is 4.68. The van der Waals surface area contributed by atoms with Crippen LogP contribution in [0.3, 0.4) is 0 Å². The van der Waals surface area contributed by atoms with Crippen molar-refractivity contribution in [1.82, 2.24) is 0 Å². The summed E-state index contributed by atoms with van der Waals surface area (Å²) in [5.74, 6) is -1.29. The monoisotopic (exact) mass is 300 g/mol. The molecule has 21 heavy (non-hydrogen) atoms. The molecule has 0 spiro atoms. The SMILES string of the molecule is C=CC1CC1(C(=O)OCC)C(=O)OCCOCCOCC. The van der Waals surface area contributed by atoms with Crippen molar-refractivity contribution < 1.29 is 28.5 Å². The van der Waals surface area contributed by atoms with Gasteiger partial charge in [-0.15, -0.1) is 6.58 Å². The van der Waals surface area contributed by atoms with Crippen molar-refractivity contribution in [3.63, 3.8) is 0 Å². The molecule has 1 rings (SSSR count). The Morgan fingerprint density at radius 3 is 2.24 bits per heavy atom. The van der Waals surface area contributed by atoms with E-state index in [1.807, 2.05) is 6.92 Å². The van der Waals surface area contributed by atoms with Gasteiger partial charge >= 0.3 is 11.9 Å². The molecule has 1 fully saturated rings.